The third-order valence-electron chi connectivity index (χ3n) is 4.34. The summed E-state index contributed by atoms with van der Waals surface area (Å²) >= 11 is 0. The van der Waals surface area contributed by atoms with Crippen molar-refractivity contribution in [3.8, 4) is 0 Å². The highest BCUT2D eigenvalue weighted by Crippen LogP contribution is 2.25. The zero-order chi connectivity index (χ0) is 14.4. The van der Waals surface area contributed by atoms with Crippen molar-refractivity contribution in [2.75, 3.05) is 31.9 Å². The van der Waals surface area contributed by atoms with E-state index in [0.717, 1.165) is 32.5 Å². The summed E-state index contributed by atoms with van der Waals surface area (Å²) in [6.07, 6.45) is 6.83. The van der Waals surface area contributed by atoms with Crippen molar-refractivity contribution < 1.29 is 8.42 Å². The first-order chi connectivity index (χ1) is 9.61. The van der Waals surface area contributed by atoms with Gasteiger partial charge < -0.3 is 5.32 Å². The summed E-state index contributed by atoms with van der Waals surface area (Å²) in [5, 5.41) is 3.40. The van der Waals surface area contributed by atoms with Crippen LogP contribution in [0.2, 0.25) is 0 Å². The quantitative estimate of drug-likeness (QED) is 0.665. The Morgan fingerprint density at radius 1 is 1.25 bits per heavy atom. The normalized spacial score (nSPS) is 24.2. The van der Waals surface area contributed by atoms with Gasteiger partial charge in [0.25, 0.3) is 0 Å². The third-order valence-corrected chi connectivity index (χ3v) is 5.75. The van der Waals surface area contributed by atoms with Crippen LogP contribution >= 0.6 is 0 Å². The Bertz CT molecular complexity index is 376. The van der Waals surface area contributed by atoms with E-state index in [9.17, 15) is 8.42 Å². The first kappa shape index (κ1) is 16.2. The summed E-state index contributed by atoms with van der Waals surface area (Å²) in [6.45, 7) is 5.57. The van der Waals surface area contributed by atoms with Crippen molar-refractivity contribution in [3.05, 3.63) is 0 Å². The van der Waals surface area contributed by atoms with Gasteiger partial charge >= 0.3 is 0 Å². The lowest BCUT2D eigenvalue weighted by molar-refractivity contribution is 0.282. The molecule has 1 aliphatic heterocycles. The van der Waals surface area contributed by atoms with E-state index in [4.69, 9.17) is 0 Å². The molecule has 0 spiro atoms. The third kappa shape index (κ3) is 5.68. The summed E-state index contributed by atoms with van der Waals surface area (Å²) in [5.41, 5.74) is 0. The zero-order valence-corrected chi connectivity index (χ0v) is 13.4. The minimum Gasteiger partial charge on any atom is -0.314 e. The van der Waals surface area contributed by atoms with E-state index in [1.54, 1.807) is 0 Å². The first-order valence-electron chi connectivity index (χ1n) is 8.05. The van der Waals surface area contributed by atoms with E-state index in [1.807, 2.05) is 0 Å². The summed E-state index contributed by atoms with van der Waals surface area (Å²) < 4.78 is 26.7. The van der Waals surface area contributed by atoms with Crippen molar-refractivity contribution in [2.45, 2.75) is 57.5 Å². The number of sulfonamides is 1. The van der Waals surface area contributed by atoms with Crippen LogP contribution in [0.5, 0.6) is 0 Å². The second-order valence-corrected chi connectivity index (χ2v) is 7.93. The van der Waals surface area contributed by atoms with E-state index >= 15 is 0 Å². The van der Waals surface area contributed by atoms with Gasteiger partial charge in [-0.05, 0) is 45.2 Å². The number of likely N-dealkylation sites (N-methyl/N-ethyl adjacent to an activating group) is 1. The van der Waals surface area contributed by atoms with Gasteiger partial charge in [0.15, 0.2) is 0 Å². The molecule has 5 nitrogen and oxygen atoms in total. The van der Waals surface area contributed by atoms with Gasteiger partial charge in [0, 0.05) is 25.2 Å². The molecule has 1 heterocycles. The van der Waals surface area contributed by atoms with Gasteiger partial charge in [-0.3, -0.25) is 4.90 Å². The fourth-order valence-corrected chi connectivity index (χ4v) is 4.06. The number of hydrogen-bond acceptors (Lipinski definition) is 4. The molecule has 0 aromatic heterocycles. The lowest BCUT2D eigenvalue weighted by atomic mass is 10.0. The van der Waals surface area contributed by atoms with Crippen LogP contribution in [0.15, 0.2) is 0 Å². The number of rotatable bonds is 9. The van der Waals surface area contributed by atoms with Crippen molar-refractivity contribution in [3.63, 3.8) is 0 Å². The van der Waals surface area contributed by atoms with Crippen molar-refractivity contribution in [2.24, 2.45) is 0 Å². The maximum Gasteiger partial charge on any atom is 0.211 e. The molecular formula is C14H29N3O2S. The molecule has 0 bridgehead atoms. The van der Waals surface area contributed by atoms with Gasteiger partial charge in [-0.15, -0.1) is 0 Å². The second kappa shape index (κ2) is 7.73. The molecule has 118 valence electrons. The molecule has 0 amide bonds. The predicted molar refractivity (Wildman–Crippen MR) is 82.3 cm³/mol. The Kier molecular flexibility index (Phi) is 6.26. The average Bonchev–Trinajstić information content (AvgIpc) is 3.27. The Labute approximate surface area is 123 Å². The van der Waals surface area contributed by atoms with Crippen LogP contribution in [0, 0.1) is 0 Å². The Balaban J connectivity index is 1.62. The van der Waals surface area contributed by atoms with E-state index in [1.165, 1.54) is 25.7 Å². The van der Waals surface area contributed by atoms with Gasteiger partial charge in [-0.25, -0.2) is 13.1 Å². The number of nitrogens with one attached hydrogen (secondary N) is 2. The number of piperidine rings is 1. The fraction of sp³-hybridized carbons (Fsp3) is 1.00. The van der Waals surface area contributed by atoms with Gasteiger partial charge in [-0.2, -0.15) is 0 Å². The molecule has 2 rings (SSSR count). The summed E-state index contributed by atoms with van der Waals surface area (Å²) in [6, 6.07) is 1.09. The average molecular weight is 303 g/mol. The zero-order valence-electron chi connectivity index (χ0n) is 12.6. The molecule has 2 N–H and O–H groups in total. The maximum absolute atomic E-state index is 12.0. The molecule has 0 aromatic rings. The van der Waals surface area contributed by atoms with Crippen LogP contribution < -0.4 is 10.0 Å². The molecule has 20 heavy (non-hydrogen) atoms. The molecule has 2 aliphatic rings. The predicted octanol–water partition coefficient (Wildman–Crippen LogP) is 0.922. The van der Waals surface area contributed by atoms with Crippen LogP contribution in [-0.2, 0) is 10.0 Å². The molecule has 1 saturated heterocycles. The van der Waals surface area contributed by atoms with Gasteiger partial charge in [0.2, 0.25) is 10.0 Å². The standard InChI is InChI=1S/C14H29N3O2S/c1-2-17(14-6-7-14)11-10-16-20(18,19)12-8-13-5-3-4-9-15-13/h13-16H,2-12H2,1H3. The largest absolute Gasteiger partial charge is 0.314 e. The van der Waals surface area contributed by atoms with Crippen molar-refractivity contribution in [1.82, 2.24) is 14.9 Å². The fourth-order valence-electron chi connectivity index (χ4n) is 2.92. The van der Waals surface area contributed by atoms with Gasteiger partial charge in [0.1, 0.15) is 0 Å². The van der Waals surface area contributed by atoms with Gasteiger partial charge in [0.05, 0.1) is 5.75 Å². The van der Waals surface area contributed by atoms with Crippen molar-refractivity contribution in [1.29, 1.82) is 0 Å². The van der Waals surface area contributed by atoms with E-state index < -0.39 is 10.0 Å². The molecule has 1 unspecified atom stereocenters. The van der Waals surface area contributed by atoms with Crippen molar-refractivity contribution >= 4 is 10.0 Å². The monoisotopic (exact) mass is 303 g/mol. The Morgan fingerprint density at radius 3 is 2.65 bits per heavy atom. The van der Waals surface area contributed by atoms with E-state index in [-0.39, 0.29) is 5.75 Å². The van der Waals surface area contributed by atoms with Crippen LogP contribution in [0.4, 0.5) is 0 Å². The second-order valence-electron chi connectivity index (χ2n) is 6.01. The number of nitrogens with zero attached hydrogens (tertiary/aromatic N) is 1. The molecule has 1 atom stereocenters. The highest BCUT2D eigenvalue weighted by molar-refractivity contribution is 7.89. The smallest absolute Gasteiger partial charge is 0.211 e. The molecule has 6 heteroatoms. The molecular weight excluding hydrogens is 274 g/mol. The van der Waals surface area contributed by atoms with Crippen LogP contribution in [0.1, 0.15) is 45.4 Å². The highest BCUT2D eigenvalue weighted by Gasteiger charge is 2.27. The van der Waals surface area contributed by atoms with E-state index in [2.05, 4.69) is 21.9 Å². The maximum atomic E-state index is 12.0. The minimum absolute atomic E-state index is 0.250. The molecule has 1 saturated carbocycles. The molecule has 2 fully saturated rings. The molecule has 1 aliphatic carbocycles. The van der Waals surface area contributed by atoms with Gasteiger partial charge in [-0.1, -0.05) is 13.3 Å². The SMILES string of the molecule is CCN(CCNS(=O)(=O)CCC1CCCCN1)C1CC1. The van der Waals surface area contributed by atoms with Crippen LogP contribution in [0.25, 0.3) is 0 Å². The van der Waals surface area contributed by atoms with Crippen LogP contribution in [0.3, 0.4) is 0 Å². The minimum atomic E-state index is -3.11. The summed E-state index contributed by atoms with van der Waals surface area (Å²) in [7, 11) is -3.11. The summed E-state index contributed by atoms with van der Waals surface area (Å²) in [5.74, 6) is 0.250. The Hall–Kier alpha value is -0.170. The lowest BCUT2D eigenvalue weighted by Gasteiger charge is -2.23. The lowest BCUT2D eigenvalue weighted by Crippen LogP contribution is -2.39. The van der Waals surface area contributed by atoms with E-state index in [0.29, 0.717) is 18.6 Å². The number of hydrogen-bond donors (Lipinski definition) is 2. The summed E-state index contributed by atoms with van der Waals surface area (Å²) in [4.78, 5) is 2.37. The van der Waals surface area contributed by atoms with Crippen LogP contribution in [-0.4, -0.2) is 57.3 Å². The molecule has 0 radical (unpaired) electrons. The first-order valence-corrected chi connectivity index (χ1v) is 9.70. The topological polar surface area (TPSA) is 61.4 Å². The Morgan fingerprint density at radius 2 is 2.05 bits per heavy atom. The molecule has 0 aromatic carbocycles. The highest BCUT2D eigenvalue weighted by atomic mass is 32.2.